The Bertz CT molecular complexity index is 751. The lowest BCUT2D eigenvalue weighted by Gasteiger charge is -2.13. The lowest BCUT2D eigenvalue weighted by molar-refractivity contribution is 0.583. The van der Waals surface area contributed by atoms with E-state index >= 15 is 0 Å². The quantitative estimate of drug-likeness (QED) is 0.767. The average molecular weight is 297 g/mol. The molecule has 0 fully saturated rings. The largest absolute Gasteiger partial charge is 0.379 e. The first kappa shape index (κ1) is 14.0. The smallest absolute Gasteiger partial charge is 0.0982 e. The van der Waals surface area contributed by atoms with Gasteiger partial charge in [-0.3, -0.25) is 4.98 Å². The summed E-state index contributed by atoms with van der Waals surface area (Å²) in [5.74, 6) is 0. The number of hydrogen-bond acceptors (Lipinski definition) is 4. The summed E-state index contributed by atoms with van der Waals surface area (Å²) < 4.78 is 0. The summed E-state index contributed by atoms with van der Waals surface area (Å²) in [6.45, 7) is 7.32. The molecule has 4 heteroatoms. The van der Waals surface area contributed by atoms with Gasteiger partial charge in [-0.05, 0) is 24.3 Å². The maximum atomic E-state index is 4.72. The highest BCUT2D eigenvalue weighted by atomic mass is 32.1. The molecule has 2 aromatic heterocycles. The third-order valence-corrected chi connectivity index (χ3v) is 4.62. The predicted octanol–water partition coefficient (Wildman–Crippen LogP) is 4.60. The van der Waals surface area contributed by atoms with E-state index in [1.807, 2.05) is 24.4 Å². The highest BCUT2D eigenvalue weighted by molar-refractivity contribution is 7.09. The Balaban J connectivity index is 1.79. The van der Waals surface area contributed by atoms with Gasteiger partial charge < -0.3 is 5.32 Å². The van der Waals surface area contributed by atoms with Gasteiger partial charge in [0.25, 0.3) is 0 Å². The molecule has 3 aromatic rings. The molecule has 0 atom stereocenters. The second-order valence-corrected chi connectivity index (χ2v) is 6.98. The molecule has 0 aliphatic heterocycles. The van der Waals surface area contributed by atoms with Crippen LogP contribution in [0.4, 0.5) is 5.69 Å². The first-order chi connectivity index (χ1) is 10.0. The molecule has 1 aromatic carbocycles. The van der Waals surface area contributed by atoms with Crippen molar-refractivity contribution in [1.29, 1.82) is 0 Å². The monoisotopic (exact) mass is 297 g/mol. The molecule has 0 amide bonds. The Morgan fingerprint density at radius 3 is 2.76 bits per heavy atom. The molecule has 0 aliphatic carbocycles. The van der Waals surface area contributed by atoms with Crippen LogP contribution in [0.25, 0.3) is 10.9 Å². The molecule has 0 unspecified atom stereocenters. The average Bonchev–Trinajstić information content (AvgIpc) is 2.94. The van der Waals surface area contributed by atoms with Crippen LogP contribution < -0.4 is 5.32 Å². The second-order valence-electron chi connectivity index (χ2n) is 6.12. The lowest BCUT2D eigenvalue weighted by atomic mass is 9.98. The van der Waals surface area contributed by atoms with Crippen molar-refractivity contribution >= 4 is 27.9 Å². The summed E-state index contributed by atoms with van der Waals surface area (Å²) >= 11 is 1.73. The molecular formula is C17H19N3S. The van der Waals surface area contributed by atoms with Crippen molar-refractivity contribution in [2.45, 2.75) is 32.7 Å². The van der Waals surface area contributed by atoms with Gasteiger partial charge in [0.05, 0.1) is 22.8 Å². The lowest BCUT2D eigenvalue weighted by Crippen LogP contribution is -2.11. The fourth-order valence-electron chi connectivity index (χ4n) is 2.18. The van der Waals surface area contributed by atoms with Crippen molar-refractivity contribution in [3.05, 3.63) is 52.6 Å². The summed E-state index contributed by atoms with van der Waals surface area (Å²) in [7, 11) is 0. The minimum Gasteiger partial charge on any atom is -0.379 e. The van der Waals surface area contributed by atoms with Crippen molar-refractivity contribution in [2.24, 2.45) is 0 Å². The van der Waals surface area contributed by atoms with Crippen LogP contribution in [0.2, 0.25) is 0 Å². The van der Waals surface area contributed by atoms with Crippen LogP contribution >= 0.6 is 11.3 Å². The van der Waals surface area contributed by atoms with Gasteiger partial charge in [0.2, 0.25) is 0 Å². The second kappa shape index (κ2) is 5.45. The number of rotatable bonds is 3. The van der Waals surface area contributed by atoms with Crippen LogP contribution in [-0.4, -0.2) is 9.97 Å². The number of anilines is 1. The molecule has 3 nitrogen and oxygen atoms in total. The normalized spacial score (nSPS) is 11.8. The van der Waals surface area contributed by atoms with Crippen molar-refractivity contribution in [3.8, 4) is 0 Å². The Hall–Kier alpha value is -1.94. The van der Waals surface area contributed by atoms with Crippen LogP contribution in [0, 0.1) is 0 Å². The van der Waals surface area contributed by atoms with Crippen LogP contribution in [0.1, 0.15) is 31.5 Å². The molecule has 2 heterocycles. The first-order valence-electron chi connectivity index (χ1n) is 7.06. The maximum Gasteiger partial charge on any atom is 0.0982 e. The first-order valence-corrected chi connectivity index (χ1v) is 7.94. The van der Waals surface area contributed by atoms with E-state index in [0.29, 0.717) is 0 Å². The third-order valence-electron chi connectivity index (χ3n) is 3.30. The fraction of sp³-hybridized carbons (Fsp3) is 0.294. The van der Waals surface area contributed by atoms with E-state index in [1.165, 1.54) is 5.01 Å². The van der Waals surface area contributed by atoms with Crippen LogP contribution in [0.5, 0.6) is 0 Å². The van der Waals surface area contributed by atoms with Gasteiger partial charge in [0.15, 0.2) is 0 Å². The number of pyridine rings is 1. The topological polar surface area (TPSA) is 37.8 Å². The van der Waals surface area contributed by atoms with Gasteiger partial charge in [-0.1, -0.05) is 26.8 Å². The third kappa shape index (κ3) is 3.05. The Kier molecular flexibility index (Phi) is 3.64. The zero-order valence-corrected chi connectivity index (χ0v) is 13.4. The highest BCUT2D eigenvalue weighted by Gasteiger charge is 2.17. The summed E-state index contributed by atoms with van der Waals surface area (Å²) in [5, 5.41) is 7.93. The van der Waals surface area contributed by atoms with Crippen molar-refractivity contribution in [3.63, 3.8) is 0 Å². The summed E-state index contributed by atoms with van der Waals surface area (Å²) in [6, 6.07) is 10.2. The molecule has 108 valence electrons. The zero-order chi connectivity index (χ0) is 14.9. The molecule has 0 saturated heterocycles. The zero-order valence-electron chi connectivity index (χ0n) is 12.6. The number of hydrogen-bond donors (Lipinski definition) is 1. The van der Waals surface area contributed by atoms with Crippen LogP contribution in [-0.2, 0) is 12.0 Å². The molecule has 0 bridgehead atoms. The van der Waals surface area contributed by atoms with E-state index in [-0.39, 0.29) is 5.41 Å². The molecule has 1 N–H and O–H groups in total. The van der Waals surface area contributed by atoms with Gasteiger partial charge in [0, 0.05) is 28.1 Å². The molecule has 0 saturated carbocycles. The number of nitrogens with zero attached hydrogens (tertiary/aromatic N) is 2. The van der Waals surface area contributed by atoms with E-state index in [0.717, 1.165) is 28.8 Å². The van der Waals surface area contributed by atoms with E-state index in [4.69, 9.17) is 4.98 Å². The summed E-state index contributed by atoms with van der Waals surface area (Å²) in [6.07, 6.45) is 1.82. The molecule has 3 rings (SSSR count). The van der Waals surface area contributed by atoms with Gasteiger partial charge in [-0.15, -0.1) is 11.3 Å². The number of fused-ring (bicyclic) bond motifs is 1. The molecule has 0 aliphatic rings. The Morgan fingerprint density at radius 1 is 1.14 bits per heavy atom. The predicted molar refractivity (Wildman–Crippen MR) is 89.9 cm³/mol. The number of benzene rings is 1. The van der Waals surface area contributed by atoms with E-state index in [9.17, 15) is 0 Å². The van der Waals surface area contributed by atoms with Crippen molar-refractivity contribution < 1.29 is 0 Å². The van der Waals surface area contributed by atoms with Gasteiger partial charge in [-0.2, -0.15) is 0 Å². The highest BCUT2D eigenvalue weighted by Crippen LogP contribution is 2.26. The Labute approximate surface area is 129 Å². The molecule has 0 spiro atoms. The van der Waals surface area contributed by atoms with E-state index in [2.05, 4.69) is 48.6 Å². The number of aromatic nitrogens is 2. The summed E-state index contributed by atoms with van der Waals surface area (Å²) in [4.78, 5) is 9.10. The minimum atomic E-state index is 0.117. The van der Waals surface area contributed by atoms with Crippen LogP contribution in [0.3, 0.4) is 0 Å². The van der Waals surface area contributed by atoms with E-state index < -0.39 is 0 Å². The standard InChI is InChI=1S/C17H19N3S/c1-17(2,3)16-20-12(11-21-16)10-19-15-8-4-7-14-13(15)6-5-9-18-14/h4-9,11,19H,10H2,1-3H3. The van der Waals surface area contributed by atoms with Gasteiger partial charge >= 0.3 is 0 Å². The maximum absolute atomic E-state index is 4.72. The van der Waals surface area contributed by atoms with E-state index in [1.54, 1.807) is 11.3 Å². The van der Waals surface area contributed by atoms with Crippen molar-refractivity contribution in [1.82, 2.24) is 9.97 Å². The number of nitrogens with one attached hydrogen (secondary N) is 1. The van der Waals surface area contributed by atoms with Crippen molar-refractivity contribution in [2.75, 3.05) is 5.32 Å². The van der Waals surface area contributed by atoms with Gasteiger partial charge in [-0.25, -0.2) is 4.98 Å². The molecule has 0 radical (unpaired) electrons. The number of thiazole rings is 1. The van der Waals surface area contributed by atoms with Crippen LogP contribution in [0.15, 0.2) is 41.9 Å². The van der Waals surface area contributed by atoms with Gasteiger partial charge in [0.1, 0.15) is 0 Å². The molecular weight excluding hydrogens is 278 g/mol. The SMILES string of the molecule is CC(C)(C)c1nc(CNc2cccc3ncccc23)cs1. The molecule has 21 heavy (non-hydrogen) atoms. The fourth-order valence-corrected chi connectivity index (χ4v) is 3.08. The summed E-state index contributed by atoms with van der Waals surface area (Å²) in [5.41, 5.74) is 3.32. The minimum absolute atomic E-state index is 0.117. The Morgan fingerprint density at radius 2 is 2.00 bits per heavy atom.